The molecule has 3 heterocycles. The number of methoxy groups -OCH3 is 1. The lowest BCUT2D eigenvalue weighted by Gasteiger charge is -2.27. The van der Waals surface area contributed by atoms with Crippen molar-refractivity contribution in [3.05, 3.63) is 23.2 Å². The van der Waals surface area contributed by atoms with E-state index in [2.05, 4.69) is 4.98 Å². The Labute approximate surface area is 146 Å². The Bertz CT molecular complexity index is 737. The van der Waals surface area contributed by atoms with Crippen LogP contribution in [0, 0.1) is 6.92 Å². The van der Waals surface area contributed by atoms with Crippen molar-refractivity contribution in [3.63, 3.8) is 0 Å². The largest absolute Gasteiger partial charge is 0.440 e. The molecule has 0 unspecified atom stereocenters. The van der Waals surface area contributed by atoms with Crippen molar-refractivity contribution in [3.8, 4) is 11.6 Å². The zero-order valence-electron chi connectivity index (χ0n) is 14.9. The van der Waals surface area contributed by atoms with Gasteiger partial charge in [-0.1, -0.05) is 0 Å². The molecule has 0 fully saturated rings. The zero-order chi connectivity index (χ0) is 17.8. The number of oxazole rings is 1. The van der Waals surface area contributed by atoms with Crippen molar-refractivity contribution in [2.75, 3.05) is 33.5 Å². The average molecular weight is 348 g/mol. The van der Waals surface area contributed by atoms with E-state index in [1.807, 2.05) is 18.5 Å². The van der Waals surface area contributed by atoms with Gasteiger partial charge in [0.15, 0.2) is 5.69 Å². The van der Waals surface area contributed by atoms with Crippen LogP contribution < -0.4 is 0 Å². The fourth-order valence-corrected chi connectivity index (χ4v) is 3.03. The van der Waals surface area contributed by atoms with Gasteiger partial charge in [0, 0.05) is 44.5 Å². The van der Waals surface area contributed by atoms with Gasteiger partial charge in [-0.3, -0.25) is 9.48 Å². The molecule has 0 atom stereocenters. The summed E-state index contributed by atoms with van der Waals surface area (Å²) in [6, 6.07) is 0. The van der Waals surface area contributed by atoms with Gasteiger partial charge in [-0.15, -0.1) is 0 Å². The number of nitrogens with zero attached hydrogens (tertiary/aromatic N) is 4. The third-order valence-electron chi connectivity index (χ3n) is 4.23. The highest BCUT2D eigenvalue weighted by Crippen LogP contribution is 2.30. The summed E-state index contributed by atoms with van der Waals surface area (Å²) in [5.41, 5.74) is 2.82. The molecule has 8 nitrogen and oxygen atoms in total. The maximum atomic E-state index is 12.2. The summed E-state index contributed by atoms with van der Waals surface area (Å²) >= 11 is 0. The molecule has 0 N–H and O–H groups in total. The minimum atomic E-state index is -0.0234. The van der Waals surface area contributed by atoms with E-state index in [9.17, 15) is 4.79 Å². The lowest BCUT2D eigenvalue weighted by atomic mass is 10.0. The van der Waals surface area contributed by atoms with Crippen LogP contribution in [0.25, 0.3) is 11.6 Å². The molecule has 1 aliphatic rings. The molecule has 0 spiro atoms. The molecule has 0 aliphatic carbocycles. The average Bonchev–Trinajstić information content (AvgIpc) is 3.19. The van der Waals surface area contributed by atoms with Gasteiger partial charge < -0.3 is 18.8 Å². The van der Waals surface area contributed by atoms with Crippen LogP contribution in [0.3, 0.4) is 0 Å². The molecular formula is C17H24N4O4. The normalized spacial score (nSPS) is 14.0. The fraction of sp³-hybridized carbons (Fsp3) is 0.588. The summed E-state index contributed by atoms with van der Waals surface area (Å²) in [5, 5.41) is 4.70. The van der Waals surface area contributed by atoms with Gasteiger partial charge in [0.2, 0.25) is 11.8 Å². The van der Waals surface area contributed by atoms with Crippen LogP contribution in [0.4, 0.5) is 0 Å². The number of hydrogen-bond acceptors (Lipinski definition) is 6. The van der Waals surface area contributed by atoms with E-state index >= 15 is 0 Å². The molecule has 2 aromatic heterocycles. The second-order valence-corrected chi connectivity index (χ2v) is 5.97. The molecule has 0 aromatic carbocycles. The third kappa shape index (κ3) is 3.74. The standard InChI is InChI=1S/C17H24N4O4/c1-4-24-8-7-21-14-5-6-20(15(22)11-23-3)10-13(14)16(19-21)17-18-9-12(2)25-17/h9H,4-8,10-11H2,1-3H3. The Kier molecular flexibility index (Phi) is 5.50. The van der Waals surface area contributed by atoms with Crippen LogP contribution in [0.5, 0.6) is 0 Å². The second kappa shape index (κ2) is 7.79. The summed E-state index contributed by atoms with van der Waals surface area (Å²) in [5.74, 6) is 1.20. The Morgan fingerprint density at radius 2 is 2.28 bits per heavy atom. The number of rotatable bonds is 7. The first-order chi connectivity index (χ1) is 12.1. The summed E-state index contributed by atoms with van der Waals surface area (Å²) in [6.45, 7) is 6.99. The molecule has 1 amide bonds. The van der Waals surface area contributed by atoms with E-state index in [-0.39, 0.29) is 12.5 Å². The molecule has 0 saturated carbocycles. The van der Waals surface area contributed by atoms with Crippen molar-refractivity contribution in [1.82, 2.24) is 19.7 Å². The highest BCUT2D eigenvalue weighted by Gasteiger charge is 2.29. The molecular weight excluding hydrogens is 324 g/mol. The first kappa shape index (κ1) is 17.6. The van der Waals surface area contributed by atoms with Crippen molar-refractivity contribution >= 4 is 5.91 Å². The second-order valence-electron chi connectivity index (χ2n) is 5.97. The number of fused-ring (bicyclic) bond motifs is 1. The quantitative estimate of drug-likeness (QED) is 0.704. The fourth-order valence-electron chi connectivity index (χ4n) is 3.03. The maximum absolute atomic E-state index is 12.2. The molecule has 0 radical (unpaired) electrons. The monoisotopic (exact) mass is 348 g/mol. The van der Waals surface area contributed by atoms with E-state index in [4.69, 9.17) is 19.0 Å². The lowest BCUT2D eigenvalue weighted by Crippen LogP contribution is -2.38. The predicted octanol–water partition coefficient (Wildman–Crippen LogP) is 1.41. The van der Waals surface area contributed by atoms with Crippen LogP contribution in [-0.4, -0.2) is 59.0 Å². The van der Waals surface area contributed by atoms with Gasteiger partial charge in [-0.2, -0.15) is 5.10 Å². The van der Waals surface area contributed by atoms with Crippen LogP contribution in [-0.2, 0) is 33.8 Å². The minimum absolute atomic E-state index is 0.0234. The van der Waals surface area contributed by atoms with Gasteiger partial charge in [-0.05, 0) is 13.8 Å². The number of aromatic nitrogens is 3. The van der Waals surface area contributed by atoms with E-state index in [1.54, 1.807) is 11.1 Å². The molecule has 3 rings (SSSR count). The molecule has 0 saturated heterocycles. The summed E-state index contributed by atoms with van der Waals surface area (Å²) < 4.78 is 18.1. The molecule has 136 valence electrons. The maximum Gasteiger partial charge on any atom is 0.248 e. The minimum Gasteiger partial charge on any atom is -0.440 e. The Morgan fingerprint density at radius 1 is 1.44 bits per heavy atom. The number of aryl methyl sites for hydroxylation is 1. The molecule has 2 aromatic rings. The van der Waals surface area contributed by atoms with Gasteiger partial charge in [0.1, 0.15) is 12.4 Å². The Morgan fingerprint density at radius 3 is 2.96 bits per heavy atom. The Hall–Kier alpha value is -2.19. The van der Waals surface area contributed by atoms with Gasteiger partial charge in [0.25, 0.3) is 0 Å². The number of carbonyl (C=O) groups is 1. The lowest BCUT2D eigenvalue weighted by molar-refractivity contribution is -0.136. The summed E-state index contributed by atoms with van der Waals surface area (Å²) in [4.78, 5) is 18.3. The van der Waals surface area contributed by atoms with Gasteiger partial charge >= 0.3 is 0 Å². The first-order valence-corrected chi connectivity index (χ1v) is 8.49. The van der Waals surface area contributed by atoms with Crippen LogP contribution in [0.1, 0.15) is 23.9 Å². The predicted molar refractivity (Wildman–Crippen MR) is 90.0 cm³/mol. The number of amides is 1. The summed E-state index contributed by atoms with van der Waals surface area (Å²) in [7, 11) is 1.53. The number of ether oxygens (including phenoxy) is 2. The SMILES string of the molecule is CCOCCn1nc(-c2ncc(C)o2)c2c1CCN(C(=O)COC)C2. The van der Waals surface area contributed by atoms with Gasteiger partial charge in [-0.25, -0.2) is 4.98 Å². The molecule has 25 heavy (non-hydrogen) atoms. The number of hydrogen-bond donors (Lipinski definition) is 0. The van der Waals surface area contributed by atoms with Crippen molar-refractivity contribution in [1.29, 1.82) is 0 Å². The van der Waals surface area contributed by atoms with Crippen molar-refractivity contribution < 1.29 is 18.7 Å². The van der Waals surface area contributed by atoms with Crippen LogP contribution in [0.15, 0.2) is 10.6 Å². The zero-order valence-corrected chi connectivity index (χ0v) is 14.9. The smallest absolute Gasteiger partial charge is 0.248 e. The topological polar surface area (TPSA) is 82.6 Å². The van der Waals surface area contributed by atoms with E-state index in [0.29, 0.717) is 44.4 Å². The number of carbonyl (C=O) groups excluding carboxylic acids is 1. The Balaban J connectivity index is 1.91. The van der Waals surface area contributed by atoms with E-state index < -0.39 is 0 Å². The molecule has 8 heteroatoms. The van der Waals surface area contributed by atoms with Crippen LogP contribution >= 0.6 is 0 Å². The van der Waals surface area contributed by atoms with Crippen molar-refractivity contribution in [2.24, 2.45) is 0 Å². The van der Waals surface area contributed by atoms with Crippen molar-refractivity contribution in [2.45, 2.75) is 33.4 Å². The van der Waals surface area contributed by atoms with Crippen LogP contribution in [0.2, 0.25) is 0 Å². The van der Waals surface area contributed by atoms with E-state index in [1.165, 1.54) is 7.11 Å². The molecule has 1 aliphatic heterocycles. The third-order valence-corrected chi connectivity index (χ3v) is 4.23. The summed E-state index contributed by atoms with van der Waals surface area (Å²) in [6.07, 6.45) is 2.42. The first-order valence-electron chi connectivity index (χ1n) is 8.49. The molecule has 0 bridgehead atoms. The highest BCUT2D eigenvalue weighted by atomic mass is 16.5. The van der Waals surface area contributed by atoms with Gasteiger partial charge in [0.05, 0.1) is 19.3 Å². The highest BCUT2D eigenvalue weighted by molar-refractivity contribution is 5.78. The van der Waals surface area contributed by atoms with E-state index in [0.717, 1.165) is 23.4 Å².